The monoisotopic (exact) mass is 364 g/mol. The second-order valence-electron chi connectivity index (χ2n) is 6.85. The summed E-state index contributed by atoms with van der Waals surface area (Å²) < 4.78 is 8.69. The number of rotatable bonds is 4. The molecule has 27 heavy (non-hydrogen) atoms. The number of nitrogens with zero attached hydrogens (tertiary/aromatic N) is 3. The second-order valence-corrected chi connectivity index (χ2v) is 6.85. The summed E-state index contributed by atoms with van der Waals surface area (Å²) in [6.07, 6.45) is 0. The van der Waals surface area contributed by atoms with Crippen LogP contribution in [0.4, 0.5) is 5.69 Å². The van der Waals surface area contributed by atoms with Gasteiger partial charge < -0.3 is 9.73 Å². The Balaban J connectivity index is 1.59. The molecule has 2 aromatic heterocycles. The summed E-state index contributed by atoms with van der Waals surface area (Å²) in [6.45, 7) is 3.96. The van der Waals surface area contributed by atoms with Crippen molar-refractivity contribution < 1.29 is 9.21 Å². The SMILES string of the molecule is CC(C)c1nc2cc(NC(=O)Cn3c(=O)n(C)c4ccccc43)ccc2o1. The lowest BCUT2D eigenvalue weighted by Crippen LogP contribution is -2.28. The molecule has 138 valence electrons. The van der Waals surface area contributed by atoms with Crippen LogP contribution in [0.15, 0.2) is 51.7 Å². The van der Waals surface area contributed by atoms with Crippen LogP contribution in [0.25, 0.3) is 22.1 Å². The van der Waals surface area contributed by atoms with E-state index in [4.69, 9.17) is 4.42 Å². The van der Waals surface area contributed by atoms with E-state index in [1.165, 1.54) is 9.13 Å². The van der Waals surface area contributed by atoms with Gasteiger partial charge >= 0.3 is 5.69 Å². The Morgan fingerprint density at radius 2 is 1.93 bits per heavy atom. The minimum absolute atomic E-state index is 0.0612. The predicted octanol–water partition coefficient (Wildman–Crippen LogP) is 3.24. The Labute approximate surface area is 155 Å². The zero-order chi connectivity index (χ0) is 19.1. The van der Waals surface area contributed by atoms with Crippen molar-refractivity contribution in [3.05, 3.63) is 58.8 Å². The van der Waals surface area contributed by atoms with Crippen LogP contribution in [0.1, 0.15) is 25.7 Å². The first-order valence-corrected chi connectivity index (χ1v) is 8.78. The number of aryl methyl sites for hydroxylation is 1. The predicted molar refractivity (Wildman–Crippen MR) is 104 cm³/mol. The summed E-state index contributed by atoms with van der Waals surface area (Å²) in [6, 6.07) is 12.7. The van der Waals surface area contributed by atoms with Crippen molar-refractivity contribution in [2.75, 3.05) is 5.32 Å². The van der Waals surface area contributed by atoms with Crippen LogP contribution in [0.2, 0.25) is 0 Å². The Bertz CT molecular complexity index is 1210. The molecule has 0 aliphatic heterocycles. The molecule has 7 nitrogen and oxygen atoms in total. The zero-order valence-electron chi connectivity index (χ0n) is 15.4. The standard InChI is InChI=1S/C20H20N4O3/c1-12(2)19-22-14-10-13(8-9-17(14)27-19)21-18(25)11-24-16-7-5-4-6-15(16)23(3)20(24)26/h4-10,12H,11H2,1-3H3,(H,21,25). The third kappa shape index (κ3) is 3.01. The van der Waals surface area contributed by atoms with E-state index in [0.29, 0.717) is 22.7 Å². The number of carbonyl (C=O) groups is 1. The number of fused-ring (bicyclic) bond motifs is 2. The third-order valence-electron chi connectivity index (χ3n) is 4.54. The Morgan fingerprint density at radius 3 is 2.67 bits per heavy atom. The molecular weight excluding hydrogens is 344 g/mol. The van der Waals surface area contributed by atoms with Gasteiger partial charge in [0.2, 0.25) is 5.91 Å². The lowest BCUT2D eigenvalue weighted by atomic mass is 10.2. The first-order valence-electron chi connectivity index (χ1n) is 8.78. The molecule has 7 heteroatoms. The van der Waals surface area contributed by atoms with E-state index in [0.717, 1.165) is 11.0 Å². The van der Waals surface area contributed by atoms with Crippen LogP contribution < -0.4 is 11.0 Å². The summed E-state index contributed by atoms with van der Waals surface area (Å²) in [5.74, 6) is 0.574. The van der Waals surface area contributed by atoms with Gasteiger partial charge in [-0.15, -0.1) is 0 Å². The minimum atomic E-state index is -0.277. The van der Waals surface area contributed by atoms with Gasteiger partial charge in [0.1, 0.15) is 12.1 Å². The quantitative estimate of drug-likeness (QED) is 0.603. The van der Waals surface area contributed by atoms with Crippen LogP contribution >= 0.6 is 0 Å². The lowest BCUT2D eigenvalue weighted by molar-refractivity contribution is -0.116. The topological polar surface area (TPSA) is 82.1 Å². The molecule has 0 saturated heterocycles. The average Bonchev–Trinajstić information content (AvgIpc) is 3.17. The molecule has 2 heterocycles. The van der Waals surface area contributed by atoms with Crippen molar-refractivity contribution in [1.82, 2.24) is 14.1 Å². The maximum Gasteiger partial charge on any atom is 0.329 e. The maximum absolute atomic E-state index is 12.5. The number of aromatic nitrogens is 3. The number of para-hydroxylation sites is 2. The summed E-state index contributed by atoms with van der Waals surface area (Å²) in [4.78, 5) is 29.4. The van der Waals surface area contributed by atoms with Crippen molar-refractivity contribution in [3.8, 4) is 0 Å². The molecule has 0 saturated carbocycles. The van der Waals surface area contributed by atoms with E-state index < -0.39 is 0 Å². The van der Waals surface area contributed by atoms with Crippen molar-refractivity contribution in [2.24, 2.45) is 7.05 Å². The fourth-order valence-electron chi connectivity index (χ4n) is 3.13. The Morgan fingerprint density at radius 1 is 1.19 bits per heavy atom. The summed E-state index contributed by atoms with van der Waals surface area (Å²) in [5.41, 5.74) is 3.29. The van der Waals surface area contributed by atoms with Crippen LogP contribution in [0.5, 0.6) is 0 Å². The molecule has 0 unspecified atom stereocenters. The fraction of sp³-hybridized carbons (Fsp3) is 0.250. The Hall–Kier alpha value is -3.35. The van der Waals surface area contributed by atoms with E-state index >= 15 is 0 Å². The third-order valence-corrected chi connectivity index (χ3v) is 4.54. The van der Waals surface area contributed by atoms with Gasteiger partial charge in [-0.3, -0.25) is 13.9 Å². The number of carbonyl (C=O) groups excluding carboxylic acids is 1. The van der Waals surface area contributed by atoms with E-state index in [1.54, 1.807) is 25.2 Å². The van der Waals surface area contributed by atoms with Gasteiger partial charge in [-0.25, -0.2) is 9.78 Å². The minimum Gasteiger partial charge on any atom is -0.440 e. The number of hydrogen-bond donors (Lipinski definition) is 1. The largest absolute Gasteiger partial charge is 0.440 e. The van der Waals surface area contributed by atoms with Crippen molar-refractivity contribution in [3.63, 3.8) is 0 Å². The number of oxazole rings is 1. The highest BCUT2D eigenvalue weighted by molar-refractivity contribution is 5.93. The second kappa shape index (κ2) is 6.42. The maximum atomic E-state index is 12.5. The number of anilines is 1. The number of imidazole rings is 1. The fourth-order valence-corrected chi connectivity index (χ4v) is 3.13. The number of nitrogens with one attached hydrogen (secondary N) is 1. The average molecular weight is 364 g/mol. The molecule has 0 aliphatic rings. The lowest BCUT2D eigenvalue weighted by Gasteiger charge is -2.06. The molecule has 4 aromatic rings. The normalized spacial score (nSPS) is 11.6. The molecule has 1 amide bonds. The van der Waals surface area contributed by atoms with E-state index in [9.17, 15) is 9.59 Å². The number of benzene rings is 2. The Kier molecular flexibility index (Phi) is 4.07. The van der Waals surface area contributed by atoms with Crippen LogP contribution in [-0.4, -0.2) is 20.0 Å². The van der Waals surface area contributed by atoms with Gasteiger partial charge in [-0.1, -0.05) is 26.0 Å². The molecule has 0 fully saturated rings. The van der Waals surface area contributed by atoms with Crippen LogP contribution in [0.3, 0.4) is 0 Å². The molecule has 0 spiro atoms. The van der Waals surface area contributed by atoms with Crippen molar-refractivity contribution in [1.29, 1.82) is 0 Å². The highest BCUT2D eigenvalue weighted by Gasteiger charge is 2.14. The van der Waals surface area contributed by atoms with Gasteiger partial charge in [-0.2, -0.15) is 0 Å². The molecule has 4 rings (SSSR count). The van der Waals surface area contributed by atoms with Crippen molar-refractivity contribution in [2.45, 2.75) is 26.3 Å². The zero-order valence-corrected chi connectivity index (χ0v) is 15.4. The van der Waals surface area contributed by atoms with E-state index in [2.05, 4.69) is 10.3 Å². The molecule has 0 aliphatic carbocycles. The summed E-state index contributed by atoms with van der Waals surface area (Å²) in [5, 5.41) is 2.83. The van der Waals surface area contributed by atoms with Gasteiger partial charge in [0.05, 0.1) is 11.0 Å². The van der Waals surface area contributed by atoms with Gasteiger partial charge in [0.25, 0.3) is 0 Å². The first-order chi connectivity index (χ1) is 12.9. The molecule has 0 radical (unpaired) electrons. The van der Waals surface area contributed by atoms with Gasteiger partial charge in [0.15, 0.2) is 11.5 Å². The molecular formula is C20H20N4O3. The number of hydrogen-bond acceptors (Lipinski definition) is 4. The first kappa shape index (κ1) is 17.1. The van der Waals surface area contributed by atoms with E-state index in [-0.39, 0.29) is 24.1 Å². The summed E-state index contributed by atoms with van der Waals surface area (Å²) in [7, 11) is 1.70. The van der Waals surface area contributed by atoms with Crippen LogP contribution in [0, 0.1) is 0 Å². The number of amides is 1. The smallest absolute Gasteiger partial charge is 0.329 e. The molecule has 0 atom stereocenters. The van der Waals surface area contributed by atoms with Gasteiger partial charge in [0, 0.05) is 18.7 Å². The molecule has 0 bridgehead atoms. The summed E-state index contributed by atoms with van der Waals surface area (Å²) >= 11 is 0. The molecule has 2 aromatic carbocycles. The highest BCUT2D eigenvalue weighted by atomic mass is 16.3. The van der Waals surface area contributed by atoms with Crippen LogP contribution in [-0.2, 0) is 18.4 Å². The van der Waals surface area contributed by atoms with Gasteiger partial charge in [-0.05, 0) is 30.3 Å². The van der Waals surface area contributed by atoms with E-state index in [1.807, 2.05) is 38.1 Å². The molecule has 1 N–H and O–H groups in total. The van der Waals surface area contributed by atoms with Crippen molar-refractivity contribution >= 4 is 33.7 Å². The highest BCUT2D eigenvalue weighted by Crippen LogP contribution is 2.23.